The zero-order chi connectivity index (χ0) is 23.9. The molecule has 0 amide bonds. The summed E-state index contributed by atoms with van der Waals surface area (Å²) in [6.07, 6.45) is -4.85. The van der Waals surface area contributed by atoms with Crippen LogP contribution in [0.1, 0.15) is 20.7 Å². The molecule has 1 aliphatic rings. The number of methoxy groups -OCH3 is 1. The maximum Gasteiger partial charge on any atom is 0.338 e. The molecule has 1 N–H and O–H groups in total. The van der Waals surface area contributed by atoms with Crippen LogP contribution in [-0.4, -0.2) is 55.4 Å². The zero-order valence-electron chi connectivity index (χ0n) is 18.4. The van der Waals surface area contributed by atoms with Gasteiger partial charge in [0.25, 0.3) is 0 Å². The van der Waals surface area contributed by atoms with E-state index in [0.29, 0.717) is 22.6 Å². The van der Waals surface area contributed by atoms with Gasteiger partial charge in [-0.3, -0.25) is 0 Å². The summed E-state index contributed by atoms with van der Waals surface area (Å²) < 4.78 is 28.0. The van der Waals surface area contributed by atoms with Crippen molar-refractivity contribution in [2.75, 3.05) is 13.7 Å². The summed E-state index contributed by atoms with van der Waals surface area (Å²) in [5.41, 5.74) is 0.584. The molecule has 1 fully saturated rings. The lowest BCUT2D eigenvalue weighted by Gasteiger charge is -2.39. The smallest absolute Gasteiger partial charge is 0.338 e. The first-order valence-electron chi connectivity index (χ1n) is 10.7. The summed E-state index contributed by atoms with van der Waals surface area (Å²) in [7, 11) is 1.55. The fourth-order valence-electron chi connectivity index (χ4n) is 3.45. The van der Waals surface area contributed by atoms with Gasteiger partial charge in [0.1, 0.15) is 17.6 Å². The van der Waals surface area contributed by atoms with Gasteiger partial charge in [0.2, 0.25) is 12.4 Å². The lowest BCUT2D eigenvalue weighted by molar-refractivity contribution is -0.241. The Morgan fingerprint density at radius 3 is 1.79 bits per heavy atom. The van der Waals surface area contributed by atoms with E-state index in [1.807, 2.05) is 0 Å². The summed E-state index contributed by atoms with van der Waals surface area (Å²) in [5.74, 6) is -0.298. The Morgan fingerprint density at radius 1 is 0.765 bits per heavy atom. The van der Waals surface area contributed by atoms with E-state index in [-0.39, 0.29) is 6.61 Å². The first-order valence-corrected chi connectivity index (χ1v) is 10.7. The van der Waals surface area contributed by atoms with Crippen molar-refractivity contribution in [2.45, 2.75) is 24.6 Å². The predicted molar refractivity (Wildman–Crippen MR) is 121 cm³/mol. The van der Waals surface area contributed by atoms with Crippen molar-refractivity contribution in [3.8, 4) is 11.5 Å². The number of aliphatic hydroxyl groups excluding tert-OH is 1. The standard InChI is InChI=1S/C26H24O8/c1-30-19-12-14-20(15-13-19)32-26-23(34-25(29)18-10-6-3-7-11-18)22(21(27)16-31-26)33-24(28)17-8-4-2-5-9-17/h2-15,21-23,26-27H,16H2,1H3/t21-,22+,23-,26+/m1/s1. The molecule has 0 bridgehead atoms. The largest absolute Gasteiger partial charge is 0.497 e. The number of carbonyl (C=O) groups is 2. The van der Waals surface area contributed by atoms with Crippen LogP contribution in [0.4, 0.5) is 0 Å². The normalized spacial score (nSPS) is 21.8. The van der Waals surface area contributed by atoms with Gasteiger partial charge in [-0.15, -0.1) is 0 Å². The third kappa shape index (κ3) is 5.54. The van der Waals surface area contributed by atoms with Gasteiger partial charge >= 0.3 is 11.9 Å². The van der Waals surface area contributed by atoms with Crippen molar-refractivity contribution in [3.05, 3.63) is 96.1 Å². The number of benzene rings is 3. The number of carbonyl (C=O) groups excluding carboxylic acids is 2. The molecule has 34 heavy (non-hydrogen) atoms. The van der Waals surface area contributed by atoms with Gasteiger partial charge in [-0.1, -0.05) is 36.4 Å². The molecule has 0 aromatic heterocycles. The second-order valence-corrected chi connectivity index (χ2v) is 7.53. The molecule has 8 nitrogen and oxygen atoms in total. The molecule has 3 aromatic rings. The lowest BCUT2D eigenvalue weighted by atomic mass is 10.0. The molecule has 0 radical (unpaired) electrons. The summed E-state index contributed by atoms with van der Waals surface area (Å²) in [6, 6.07) is 23.4. The van der Waals surface area contributed by atoms with E-state index < -0.39 is 36.5 Å². The average Bonchev–Trinajstić information content (AvgIpc) is 2.89. The van der Waals surface area contributed by atoms with Gasteiger partial charge in [-0.05, 0) is 48.5 Å². The minimum atomic E-state index is -1.24. The lowest BCUT2D eigenvalue weighted by Crippen LogP contribution is -2.58. The number of ether oxygens (including phenoxy) is 5. The van der Waals surface area contributed by atoms with Crippen LogP contribution in [0.3, 0.4) is 0 Å². The Kier molecular flexibility index (Phi) is 7.41. The van der Waals surface area contributed by atoms with Crippen LogP contribution in [-0.2, 0) is 14.2 Å². The Balaban J connectivity index is 1.59. The zero-order valence-corrected chi connectivity index (χ0v) is 18.4. The topological polar surface area (TPSA) is 101 Å². The van der Waals surface area contributed by atoms with Gasteiger partial charge in [0.05, 0.1) is 24.8 Å². The highest BCUT2D eigenvalue weighted by atomic mass is 16.7. The van der Waals surface area contributed by atoms with E-state index in [1.165, 1.54) is 0 Å². The highest BCUT2D eigenvalue weighted by molar-refractivity contribution is 5.90. The van der Waals surface area contributed by atoms with E-state index in [4.69, 9.17) is 23.7 Å². The van der Waals surface area contributed by atoms with Crippen LogP contribution in [0.25, 0.3) is 0 Å². The molecular formula is C26H24O8. The fraction of sp³-hybridized carbons (Fsp3) is 0.231. The van der Waals surface area contributed by atoms with Gasteiger partial charge in [-0.2, -0.15) is 0 Å². The summed E-state index contributed by atoms with van der Waals surface area (Å²) in [6.45, 7) is -0.188. The Morgan fingerprint density at radius 2 is 1.26 bits per heavy atom. The molecule has 0 unspecified atom stereocenters. The van der Waals surface area contributed by atoms with Gasteiger partial charge in [0, 0.05) is 0 Å². The van der Waals surface area contributed by atoms with Crippen LogP contribution in [0.15, 0.2) is 84.9 Å². The van der Waals surface area contributed by atoms with Crippen molar-refractivity contribution in [3.63, 3.8) is 0 Å². The van der Waals surface area contributed by atoms with Crippen molar-refractivity contribution in [1.82, 2.24) is 0 Å². The Bertz CT molecular complexity index is 1080. The number of esters is 2. The quantitative estimate of drug-likeness (QED) is 0.532. The molecule has 8 heteroatoms. The number of hydrogen-bond acceptors (Lipinski definition) is 8. The minimum Gasteiger partial charge on any atom is -0.497 e. The maximum atomic E-state index is 12.8. The summed E-state index contributed by atoms with van der Waals surface area (Å²) in [4.78, 5) is 25.6. The molecule has 4 atom stereocenters. The second kappa shape index (κ2) is 10.8. The Labute approximate surface area is 196 Å². The van der Waals surface area contributed by atoms with E-state index >= 15 is 0 Å². The van der Waals surface area contributed by atoms with Crippen LogP contribution in [0.5, 0.6) is 11.5 Å². The molecule has 0 spiro atoms. The first-order chi connectivity index (χ1) is 16.5. The first kappa shape index (κ1) is 23.3. The van der Waals surface area contributed by atoms with Gasteiger partial charge < -0.3 is 28.8 Å². The SMILES string of the molecule is COc1ccc(O[C@@H]2OC[C@@H](O)[C@H](OC(=O)c3ccccc3)[C@H]2OC(=O)c2ccccc2)cc1. The maximum absolute atomic E-state index is 12.8. The van der Waals surface area contributed by atoms with E-state index in [1.54, 1.807) is 92.0 Å². The molecule has 0 saturated carbocycles. The van der Waals surface area contributed by atoms with Crippen LogP contribution >= 0.6 is 0 Å². The molecule has 176 valence electrons. The van der Waals surface area contributed by atoms with E-state index in [0.717, 1.165) is 0 Å². The molecule has 1 saturated heterocycles. The van der Waals surface area contributed by atoms with Gasteiger partial charge in [0.15, 0.2) is 6.10 Å². The van der Waals surface area contributed by atoms with Crippen LogP contribution in [0, 0.1) is 0 Å². The Hall–Kier alpha value is -3.88. The third-order valence-corrected chi connectivity index (χ3v) is 5.22. The molecule has 1 aliphatic heterocycles. The van der Waals surface area contributed by atoms with Crippen molar-refractivity contribution >= 4 is 11.9 Å². The van der Waals surface area contributed by atoms with Gasteiger partial charge in [-0.25, -0.2) is 9.59 Å². The van der Waals surface area contributed by atoms with Crippen molar-refractivity contribution < 1.29 is 38.4 Å². The number of aliphatic hydroxyl groups is 1. The van der Waals surface area contributed by atoms with Crippen molar-refractivity contribution in [1.29, 1.82) is 0 Å². The van der Waals surface area contributed by atoms with Crippen LogP contribution in [0.2, 0.25) is 0 Å². The third-order valence-electron chi connectivity index (χ3n) is 5.22. The molecule has 1 heterocycles. The molecule has 3 aromatic carbocycles. The second-order valence-electron chi connectivity index (χ2n) is 7.53. The monoisotopic (exact) mass is 464 g/mol. The highest BCUT2D eigenvalue weighted by Gasteiger charge is 2.47. The molecule has 4 rings (SSSR count). The average molecular weight is 464 g/mol. The minimum absolute atomic E-state index is 0.188. The molecular weight excluding hydrogens is 440 g/mol. The number of rotatable bonds is 7. The fourth-order valence-corrected chi connectivity index (χ4v) is 3.45. The molecule has 0 aliphatic carbocycles. The van der Waals surface area contributed by atoms with E-state index in [9.17, 15) is 14.7 Å². The van der Waals surface area contributed by atoms with Crippen molar-refractivity contribution in [2.24, 2.45) is 0 Å². The summed E-state index contributed by atoms with van der Waals surface area (Å²) >= 11 is 0. The predicted octanol–water partition coefficient (Wildman–Crippen LogP) is 3.24. The van der Waals surface area contributed by atoms with E-state index in [2.05, 4.69) is 0 Å². The highest BCUT2D eigenvalue weighted by Crippen LogP contribution is 2.27. The summed E-state index contributed by atoms with van der Waals surface area (Å²) in [5, 5.41) is 10.6. The number of hydrogen-bond donors (Lipinski definition) is 1. The van der Waals surface area contributed by atoms with Crippen LogP contribution < -0.4 is 9.47 Å².